The van der Waals surface area contributed by atoms with Gasteiger partial charge in [-0.25, -0.2) is 4.67 Å². The summed E-state index contributed by atoms with van der Waals surface area (Å²) < 4.78 is 33.5. The predicted octanol–water partition coefficient (Wildman–Crippen LogP) is 8.78. The average molecular weight is 718 g/mol. The van der Waals surface area contributed by atoms with Gasteiger partial charge in [0.25, 0.3) is 8.53 Å². The highest BCUT2D eigenvalue weighted by atomic mass is 31.2. The number of amides is 1. The van der Waals surface area contributed by atoms with Gasteiger partial charge in [0.15, 0.2) is 0 Å². The maximum absolute atomic E-state index is 12.1. The quantitative estimate of drug-likeness (QED) is 0.0450. The first kappa shape index (κ1) is 41.6. The second kappa shape index (κ2) is 21.6. The van der Waals surface area contributed by atoms with Crippen molar-refractivity contribution in [2.45, 2.75) is 78.0 Å². The van der Waals surface area contributed by atoms with Crippen molar-refractivity contribution in [2.75, 3.05) is 40.6 Å². The number of ether oxygens (including phenoxy) is 3. The first-order chi connectivity index (χ1) is 24.6. The van der Waals surface area contributed by atoms with E-state index in [1.165, 1.54) is 0 Å². The van der Waals surface area contributed by atoms with Gasteiger partial charge in [0.1, 0.15) is 17.1 Å². The van der Waals surface area contributed by atoms with Crippen LogP contribution in [-0.2, 0) is 24.2 Å². The van der Waals surface area contributed by atoms with Crippen molar-refractivity contribution in [2.24, 2.45) is 5.92 Å². The van der Waals surface area contributed by atoms with Crippen LogP contribution < -0.4 is 14.8 Å². The number of hydrogen-bond acceptors (Lipinski definition) is 8. The van der Waals surface area contributed by atoms with Gasteiger partial charge in [-0.1, -0.05) is 67.6 Å². The van der Waals surface area contributed by atoms with Crippen molar-refractivity contribution in [1.82, 2.24) is 9.99 Å². The highest BCUT2D eigenvalue weighted by Gasteiger charge is 2.39. The zero-order chi connectivity index (χ0) is 37.2. The molecule has 0 saturated carbocycles. The van der Waals surface area contributed by atoms with Crippen molar-refractivity contribution in [3.8, 4) is 17.6 Å². The second-order valence-electron chi connectivity index (χ2n) is 13.1. The Balaban J connectivity index is 2.01. The van der Waals surface area contributed by atoms with Gasteiger partial charge in [-0.2, -0.15) is 5.26 Å². The molecule has 0 saturated heterocycles. The Morgan fingerprint density at radius 1 is 0.843 bits per heavy atom. The summed E-state index contributed by atoms with van der Waals surface area (Å²) in [5.74, 6) is 1.36. The molecule has 2 unspecified atom stereocenters. The fourth-order valence-electron chi connectivity index (χ4n) is 5.93. The zero-order valence-electron chi connectivity index (χ0n) is 31.4. The highest BCUT2D eigenvalue weighted by molar-refractivity contribution is 7.44. The van der Waals surface area contributed by atoms with E-state index in [0.29, 0.717) is 31.9 Å². The lowest BCUT2D eigenvalue weighted by molar-refractivity contribution is -0.117. The Morgan fingerprint density at radius 2 is 1.39 bits per heavy atom. The van der Waals surface area contributed by atoms with Gasteiger partial charge in [0, 0.05) is 30.1 Å². The van der Waals surface area contributed by atoms with Crippen LogP contribution in [0.5, 0.6) is 11.5 Å². The van der Waals surface area contributed by atoms with Crippen molar-refractivity contribution in [1.29, 1.82) is 5.26 Å². The normalized spacial score (nSPS) is 12.8. The summed E-state index contributed by atoms with van der Waals surface area (Å²) in [6, 6.07) is 28.8. The van der Waals surface area contributed by atoms with E-state index in [2.05, 4.69) is 86.7 Å². The standard InChI is InChI=1S/C41H56N3O6P/c1-31(2)40(45)43-27-13-12-15-34(30-50-51(49-28-14-26-42)44(32(3)4)33(5)6)29-48-41(35-16-10-9-11-17-35,36-18-22-38(46-7)23-19-36)37-20-24-39(47-8)25-21-37/h9-11,16-25,32-34H,1,12-15,27-30H2,2-8H3,(H,43,45). The lowest BCUT2D eigenvalue weighted by atomic mass is 9.79. The predicted molar refractivity (Wildman–Crippen MR) is 205 cm³/mol. The van der Waals surface area contributed by atoms with Gasteiger partial charge >= 0.3 is 0 Å². The number of hydrogen-bond donors (Lipinski definition) is 1. The first-order valence-corrected chi connectivity index (χ1v) is 18.8. The number of nitriles is 1. The van der Waals surface area contributed by atoms with Crippen molar-refractivity contribution in [3.63, 3.8) is 0 Å². The average Bonchev–Trinajstić information content (AvgIpc) is 3.13. The molecule has 0 aliphatic carbocycles. The molecule has 0 bridgehead atoms. The SMILES string of the molecule is C=C(C)C(=O)NCCCCC(COP(OCCC#N)N(C(C)C)C(C)C)COC(c1ccccc1)(c1ccc(OC)cc1)c1ccc(OC)cc1. The number of carbonyl (C=O) groups is 1. The van der Waals surface area contributed by atoms with Crippen molar-refractivity contribution >= 4 is 14.4 Å². The number of unbranched alkanes of at least 4 members (excludes halogenated alkanes) is 1. The first-order valence-electron chi connectivity index (χ1n) is 17.7. The topological polar surface area (TPSA) is 102 Å². The molecule has 0 aliphatic heterocycles. The van der Waals surface area contributed by atoms with Gasteiger partial charge in [0.2, 0.25) is 5.91 Å². The Kier molecular flexibility index (Phi) is 17.6. The molecule has 0 aromatic heterocycles. The van der Waals surface area contributed by atoms with Gasteiger partial charge in [0.05, 0.1) is 46.5 Å². The Labute approximate surface area is 306 Å². The molecular weight excluding hydrogens is 661 g/mol. The van der Waals surface area contributed by atoms with E-state index in [1.807, 2.05) is 42.5 Å². The summed E-state index contributed by atoms with van der Waals surface area (Å²) in [6.07, 6.45) is 2.73. The van der Waals surface area contributed by atoms with Crippen LogP contribution in [-0.4, -0.2) is 63.2 Å². The van der Waals surface area contributed by atoms with E-state index in [0.717, 1.165) is 47.5 Å². The molecule has 0 spiro atoms. The zero-order valence-corrected chi connectivity index (χ0v) is 32.3. The van der Waals surface area contributed by atoms with Crippen LogP contribution in [0.1, 0.15) is 77.0 Å². The van der Waals surface area contributed by atoms with E-state index in [4.69, 9.17) is 23.3 Å². The second-order valence-corrected chi connectivity index (χ2v) is 14.5. The molecule has 2 atom stereocenters. The van der Waals surface area contributed by atoms with Gasteiger partial charge in [-0.15, -0.1) is 0 Å². The Hall–Kier alpha value is -3.77. The maximum Gasteiger partial charge on any atom is 0.259 e. The minimum Gasteiger partial charge on any atom is -0.497 e. The molecule has 1 amide bonds. The molecule has 3 rings (SSSR count). The van der Waals surface area contributed by atoms with Crippen LogP contribution in [0.15, 0.2) is 91.0 Å². The highest BCUT2D eigenvalue weighted by Crippen LogP contribution is 2.47. The maximum atomic E-state index is 12.1. The monoisotopic (exact) mass is 717 g/mol. The molecule has 3 aromatic carbocycles. The third-order valence-electron chi connectivity index (χ3n) is 8.50. The van der Waals surface area contributed by atoms with Gasteiger partial charge < -0.3 is 28.6 Å². The van der Waals surface area contributed by atoms with Crippen LogP contribution in [0.4, 0.5) is 0 Å². The molecule has 0 heterocycles. The number of carbonyl (C=O) groups excluding carboxylic acids is 1. The molecule has 51 heavy (non-hydrogen) atoms. The van der Waals surface area contributed by atoms with E-state index in [-0.39, 0.29) is 30.3 Å². The largest absolute Gasteiger partial charge is 0.497 e. The summed E-state index contributed by atoms with van der Waals surface area (Å²) in [6.45, 7) is 15.6. The summed E-state index contributed by atoms with van der Waals surface area (Å²) in [5, 5.41) is 12.2. The number of benzene rings is 3. The van der Waals surface area contributed by atoms with Crippen LogP contribution in [0.2, 0.25) is 0 Å². The molecule has 0 radical (unpaired) electrons. The van der Waals surface area contributed by atoms with Crippen LogP contribution >= 0.6 is 8.53 Å². The summed E-state index contributed by atoms with van der Waals surface area (Å²) in [7, 11) is 1.88. The van der Waals surface area contributed by atoms with E-state index < -0.39 is 14.1 Å². The molecular formula is C41H56N3O6P. The number of nitrogens with zero attached hydrogens (tertiary/aromatic N) is 2. The fourth-order valence-corrected chi connectivity index (χ4v) is 7.61. The lowest BCUT2D eigenvalue weighted by Crippen LogP contribution is -2.36. The van der Waals surface area contributed by atoms with E-state index >= 15 is 0 Å². The van der Waals surface area contributed by atoms with Crippen LogP contribution in [0, 0.1) is 17.2 Å². The number of methoxy groups -OCH3 is 2. The number of rotatable bonds is 23. The van der Waals surface area contributed by atoms with Crippen molar-refractivity contribution in [3.05, 3.63) is 108 Å². The van der Waals surface area contributed by atoms with Crippen LogP contribution in [0.3, 0.4) is 0 Å². The smallest absolute Gasteiger partial charge is 0.259 e. The minimum atomic E-state index is -1.43. The molecule has 0 aliphatic rings. The van der Waals surface area contributed by atoms with Gasteiger partial charge in [-0.05, 0) is 88.4 Å². The third-order valence-corrected chi connectivity index (χ3v) is 10.6. The van der Waals surface area contributed by atoms with E-state index in [9.17, 15) is 10.1 Å². The molecule has 10 heteroatoms. The summed E-state index contributed by atoms with van der Waals surface area (Å²) in [5.41, 5.74) is 2.41. The van der Waals surface area contributed by atoms with Crippen LogP contribution in [0.25, 0.3) is 0 Å². The third kappa shape index (κ3) is 12.2. The molecule has 3 aromatic rings. The minimum absolute atomic E-state index is 0.0211. The fraction of sp³-hybridized carbons (Fsp3) is 0.463. The molecule has 0 fully saturated rings. The molecule has 9 nitrogen and oxygen atoms in total. The Bertz CT molecular complexity index is 1450. The molecule has 276 valence electrons. The summed E-state index contributed by atoms with van der Waals surface area (Å²) >= 11 is 0. The number of nitrogens with one attached hydrogen (secondary N) is 1. The Morgan fingerprint density at radius 3 is 1.88 bits per heavy atom. The molecule has 1 N–H and O–H groups in total. The summed E-state index contributed by atoms with van der Waals surface area (Å²) in [4.78, 5) is 12.1. The van der Waals surface area contributed by atoms with Crippen molar-refractivity contribution < 1.29 is 28.1 Å². The van der Waals surface area contributed by atoms with Gasteiger partial charge in [-0.3, -0.25) is 4.79 Å². The lowest BCUT2D eigenvalue weighted by Gasteiger charge is -2.38. The van der Waals surface area contributed by atoms with E-state index in [1.54, 1.807) is 21.1 Å².